The molecule has 1 aromatic carbocycles. The van der Waals surface area contributed by atoms with E-state index in [0.29, 0.717) is 12.4 Å². The van der Waals surface area contributed by atoms with Crippen LogP contribution in [0.15, 0.2) is 48.7 Å². The highest BCUT2D eigenvalue weighted by Gasteiger charge is 2.13. The molecule has 21 heavy (non-hydrogen) atoms. The van der Waals surface area contributed by atoms with Crippen LogP contribution in [0.25, 0.3) is 5.65 Å². The zero-order valence-electron chi connectivity index (χ0n) is 12.3. The average molecular weight is 281 g/mol. The molecule has 4 nitrogen and oxygen atoms in total. The van der Waals surface area contributed by atoms with Crippen molar-refractivity contribution in [1.82, 2.24) is 14.7 Å². The van der Waals surface area contributed by atoms with Gasteiger partial charge >= 0.3 is 0 Å². The maximum absolute atomic E-state index is 6.02. The van der Waals surface area contributed by atoms with E-state index in [9.17, 15) is 0 Å². The van der Waals surface area contributed by atoms with Crippen molar-refractivity contribution in [3.05, 3.63) is 59.9 Å². The van der Waals surface area contributed by atoms with Gasteiger partial charge in [0.1, 0.15) is 17.1 Å². The fourth-order valence-electron chi connectivity index (χ4n) is 2.38. The molecule has 0 aliphatic heterocycles. The van der Waals surface area contributed by atoms with Crippen LogP contribution in [0, 0.1) is 0 Å². The Labute approximate surface area is 124 Å². The number of pyridine rings is 1. The standard InChI is InChI=1S/C17H19N3O/c1-3-13-7-6-8-14(11-13)21-17-15(12-18-2)20-10-5-4-9-16(20)19-17/h4-11,18H,3,12H2,1-2H3. The Morgan fingerprint density at radius 1 is 1.19 bits per heavy atom. The zero-order valence-corrected chi connectivity index (χ0v) is 12.3. The van der Waals surface area contributed by atoms with Crippen molar-refractivity contribution < 1.29 is 4.74 Å². The molecular formula is C17H19N3O. The van der Waals surface area contributed by atoms with E-state index in [2.05, 4.69) is 33.8 Å². The predicted molar refractivity (Wildman–Crippen MR) is 83.8 cm³/mol. The number of benzene rings is 1. The van der Waals surface area contributed by atoms with Gasteiger partial charge in [0.25, 0.3) is 0 Å². The van der Waals surface area contributed by atoms with Crippen LogP contribution >= 0.6 is 0 Å². The largest absolute Gasteiger partial charge is 0.437 e. The van der Waals surface area contributed by atoms with E-state index in [1.54, 1.807) is 0 Å². The fraction of sp³-hybridized carbons (Fsp3) is 0.235. The molecule has 0 bridgehead atoms. The second-order valence-corrected chi connectivity index (χ2v) is 4.93. The first-order chi connectivity index (χ1) is 10.3. The monoisotopic (exact) mass is 281 g/mol. The molecule has 0 radical (unpaired) electrons. The highest BCUT2D eigenvalue weighted by Crippen LogP contribution is 2.26. The minimum atomic E-state index is 0.656. The lowest BCUT2D eigenvalue weighted by Gasteiger charge is -2.07. The molecule has 0 fully saturated rings. The first-order valence-corrected chi connectivity index (χ1v) is 7.19. The quantitative estimate of drug-likeness (QED) is 0.779. The Kier molecular flexibility index (Phi) is 3.88. The molecular weight excluding hydrogens is 262 g/mol. The van der Waals surface area contributed by atoms with Gasteiger partial charge < -0.3 is 10.1 Å². The van der Waals surface area contributed by atoms with Crippen molar-refractivity contribution in [3.8, 4) is 11.6 Å². The van der Waals surface area contributed by atoms with Crippen molar-refractivity contribution in [2.24, 2.45) is 0 Å². The highest BCUT2D eigenvalue weighted by molar-refractivity contribution is 5.47. The van der Waals surface area contributed by atoms with Gasteiger partial charge in [0.15, 0.2) is 0 Å². The van der Waals surface area contributed by atoms with Crippen molar-refractivity contribution in [1.29, 1.82) is 0 Å². The van der Waals surface area contributed by atoms with Crippen LogP contribution in [0.3, 0.4) is 0 Å². The Balaban J connectivity index is 2.00. The van der Waals surface area contributed by atoms with Crippen molar-refractivity contribution in [2.75, 3.05) is 7.05 Å². The first kappa shape index (κ1) is 13.6. The number of hydrogen-bond donors (Lipinski definition) is 1. The van der Waals surface area contributed by atoms with Crippen LogP contribution in [0.5, 0.6) is 11.6 Å². The van der Waals surface area contributed by atoms with Crippen molar-refractivity contribution >= 4 is 5.65 Å². The van der Waals surface area contributed by atoms with E-state index in [0.717, 1.165) is 23.5 Å². The van der Waals surface area contributed by atoms with E-state index in [1.807, 2.05) is 43.6 Å². The maximum Gasteiger partial charge on any atom is 0.242 e. The lowest BCUT2D eigenvalue weighted by Crippen LogP contribution is -2.08. The van der Waals surface area contributed by atoms with Crippen LogP contribution in [0.1, 0.15) is 18.2 Å². The van der Waals surface area contributed by atoms with Gasteiger partial charge in [0.05, 0.1) is 0 Å². The normalized spacial score (nSPS) is 11.0. The summed E-state index contributed by atoms with van der Waals surface area (Å²) in [6, 6.07) is 14.1. The number of aromatic nitrogens is 2. The summed E-state index contributed by atoms with van der Waals surface area (Å²) >= 11 is 0. The van der Waals surface area contributed by atoms with Crippen LogP contribution in [0.2, 0.25) is 0 Å². The molecule has 0 saturated carbocycles. The van der Waals surface area contributed by atoms with E-state index < -0.39 is 0 Å². The van der Waals surface area contributed by atoms with Gasteiger partial charge in [0, 0.05) is 12.7 Å². The summed E-state index contributed by atoms with van der Waals surface area (Å²) in [5.41, 5.74) is 3.17. The SMILES string of the molecule is CCc1cccc(Oc2nc3ccccn3c2CNC)c1. The third kappa shape index (κ3) is 2.76. The predicted octanol–water partition coefficient (Wildman–Crippen LogP) is 3.41. The molecule has 2 aromatic heterocycles. The molecule has 2 heterocycles. The molecule has 0 aliphatic carbocycles. The number of ether oxygens (including phenoxy) is 1. The third-order valence-electron chi connectivity index (χ3n) is 3.46. The van der Waals surface area contributed by atoms with Crippen LogP contribution in [0.4, 0.5) is 0 Å². The fourth-order valence-corrected chi connectivity index (χ4v) is 2.38. The zero-order chi connectivity index (χ0) is 14.7. The summed E-state index contributed by atoms with van der Waals surface area (Å²) < 4.78 is 8.07. The van der Waals surface area contributed by atoms with Gasteiger partial charge in [-0.05, 0) is 43.3 Å². The average Bonchev–Trinajstić information content (AvgIpc) is 2.86. The van der Waals surface area contributed by atoms with Crippen LogP contribution in [-0.2, 0) is 13.0 Å². The second-order valence-electron chi connectivity index (χ2n) is 4.93. The van der Waals surface area contributed by atoms with Crippen LogP contribution in [-0.4, -0.2) is 16.4 Å². The molecule has 0 aliphatic rings. The van der Waals surface area contributed by atoms with Gasteiger partial charge in [-0.2, -0.15) is 4.98 Å². The number of fused-ring (bicyclic) bond motifs is 1. The third-order valence-corrected chi connectivity index (χ3v) is 3.46. The summed E-state index contributed by atoms with van der Waals surface area (Å²) in [6.07, 6.45) is 3.00. The molecule has 3 rings (SSSR count). The van der Waals surface area contributed by atoms with Gasteiger partial charge in [-0.1, -0.05) is 25.1 Å². The first-order valence-electron chi connectivity index (χ1n) is 7.19. The minimum Gasteiger partial charge on any atom is -0.437 e. The Hall–Kier alpha value is -2.33. The van der Waals surface area contributed by atoms with E-state index in [1.165, 1.54) is 5.56 Å². The van der Waals surface area contributed by atoms with E-state index in [-0.39, 0.29) is 0 Å². The lowest BCUT2D eigenvalue weighted by atomic mass is 10.2. The molecule has 0 saturated heterocycles. The van der Waals surface area contributed by atoms with Gasteiger partial charge in [-0.3, -0.25) is 4.40 Å². The molecule has 108 valence electrons. The van der Waals surface area contributed by atoms with E-state index >= 15 is 0 Å². The molecule has 0 atom stereocenters. The maximum atomic E-state index is 6.02. The molecule has 4 heteroatoms. The van der Waals surface area contributed by atoms with Gasteiger partial charge in [-0.15, -0.1) is 0 Å². The number of imidazole rings is 1. The van der Waals surface area contributed by atoms with Crippen molar-refractivity contribution in [2.45, 2.75) is 19.9 Å². The Bertz CT molecular complexity index is 749. The van der Waals surface area contributed by atoms with E-state index in [4.69, 9.17) is 4.74 Å². The number of nitrogens with zero attached hydrogens (tertiary/aromatic N) is 2. The lowest BCUT2D eigenvalue weighted by molar-refractivity contribution is 0.456. The number of nitrogens with one attached hydrogen (secondary N) is 1. The van der Waals surface area contributed by atoms with Crippen LogP contribution < -0.4 is 10.1 Å². The summed E-state index contributed by atoms with van der Waals surface area (Å²) in [6.45, 7) is 2.84. The topological polar surface area (TPSA) is 38.6 Å². The summed E-state index contributed by atoms with van der Waals surface area (Å²) in [5, 5.41) is 3.17. The number of aryl methyl sites for hydroxylation is 1. The second kappa shape index (κ2) is 5.97. The smallest absolute Gasteiger partial charge is 0.242 e. The Morgan fingerprint density at radius 2 is 2.10 bits per heavy atom. The highest BCUT2D eigenvalue weighted by atomic mass is 16.5. The summed E-state index contributed by atoms with van der Waals surface area (Å²) in [5.74, 6) is 1.49. The van der Waals surface area contributed by atoms with Gasteiger partial charge in [-0.25, -0.2) is 0 Å². The summed E-state index contributed by atoms with van der Waals surface area (Å²) in [7, 11) is 1.92. The molecule has 0 spiro atoms. The molecule has 0 amide bonds. The van der Waals surface area contributed by atoms with Gasteiger partial charge in [0.2, 0.25) is 5.88 Å². The van der Waals surface area contributed by atoms with Crippen molar-refractivity contribution in [3.63, 3.8) is 0 Å². The number of hydrogen-bond acceptors (Lipinski definition) is 3. The molecule has 3 aromatic rings. The molecule has 0 unspecified atom stereocenters. The minimum absolute atomic E-state index is 0.656. The summed E-state index contributed by atoms with van der Waals surface area (Å²) in [4.78, 5) is 4.58. The Morgan fingerprint density at radius 3 is 2.90 bits per heavy atom. The molecule has 1 N–H and O–H groups in total. The number of rotatable bonds is 5.